The molecular weight excluding hydrogens is 765 g/mol. The van der Waals surface area contributed by atoms with Crippen molar-refractivity contribution in [2.24, 2.45) is 5.41 Å². The summed E-state index contributed by atoms with van der Waals surface area (Å²) in [5.41, 5.74) is 1.44. The van der Waals surface area contributed by atoms with Crippen LogP contribution in [0.3, 0.4) is 0 Å². The van der Waals surface area contributed by atoms with Gasteiger partial charge in [-0.25, -0.2) is 0 Å². The summed E-state index contributed by atoms with van der Waals surface area (Å²) in [5.74, 6) is 0. The van der Waals surface area contributed by atoms with Gasteiger partial charge in [0, 0.05) is 53.8 Å². The molecule has 0 saturated heterocycles. The molecule has 0 fully saturated rings. The Labute approximate surface area is 149 Å². The summed E-state index contributed by atoms with van der Waals surface area (Å²) in [5, 5.41) is 7.36. The second kappa shape index (κ2) is 15.6. The van der Waals surface area contributed by atoms with Gasteiger partial charge in [-0.15, -0.1) is 0 Å². The molecule has 0 aromatic carbocycles. The van der Waals surface area contributed by atoms with E-state index in [4.69, 9.17) is 5.11 Å². The van der Waals surface area contributed by atoms with Crippen molar-refractivity contribution in [2.45, 2.75) is 27.7 Å². The Kier molecular flexibility index (Phi) is 28.4. The van der Waals surface area contributed by atoms with Gasteiger partial charge in [0.1, 0.15) is 0 Å². The normalized spacial score (nSPS) is 9.64. The maximum absolute atomic E-state index is 7.36. The average molecular weight is 778 g/mol. The van der Waals surface area contributed by atoms with Crippen molar-refractivity contribution in [1.29, 1.82) is 0 Å². The zero-order valence-electron chi connectivity index (χ0n) is 8.75. The van der Waals surface area contributed by atoms with Crippen LogP contribution < -0.4 is 0 Å². The van der Waals surface area contributed by atoms with E-state index in [0.29, 0.717) is 0 Å². The van der Waals surface area contributed by atoms with Crippen LogP contribution in [0, 0.1) is 11.5 Å². The quantitative estimate of drug-likeness (QED) is 0.402. The molecule has 0 spiro atoms. The zero-order chi connectivity index (χ0) is 10.2. The summed E-state index contributed by atoms with van der Waals surface area (Å²) in [4.78, 5) is 0. The van der Waals surface area contributed by atoms with Gasteiger partial charge in [-0.05, 0) is 0 Å². The van der Waals surface area contributed by atoms with E-state index >= 15 is 0 Å². The summed E-state index contributed by atoms with van der Waals surface area (Å²) in [6.45, 7) is 8.47. The maximum atomic E-state index is 7.36. The van der Waals surface area contributed by atoms with Crippen molar-refractivity contribution in [1.82, 2.24) is 0 Å². The van der Waals surface area contributed by atoms with Crippen LogP contribution in [0.2, 0.25) is 0 Å². The third-order valence-corrected chi connectivity index (χ3v) is 1.84. The van der Waals surface area contributed by atoms with E-state index in [9.17, 15) is 0 Å². The summed E-state index contributed by atoms with van der Waals surface area (Å²) in [6.07, 6.45) is 3.12. The molecule has 0 aliphatic carbocycles. The van der Waals surface area contributed by atoms with Gasteiger partial charge in [-0.2, -0.15) is 0 Å². The van der Waals surface area contributed by atoms with Gasteiger partial charge >= 0.3 is 97.6 Å². The fourth-order valence-corrected chi connectivity index (χ4v) is 2.05. The Morgan fingerprint density at radius 3 is 1.50 bits per heavy atom. The second-order valence-corrected chi connectivity index (χ2v) is 4.46. The van der Waals surface area contributed by atoms with Gasteiger partial charge < -0.3 is 0 Å². The van der Waals surface area contributed by atoms with E-state index in [2.05, 4.69) is 31.2 Å². The Morgan fingerprint density at radius 2 is 1.50 bits per heavy atom. The molecule has 0 aromatic heterocycles. The van der Waals surface area contributed by atoms with Crippen LogP contribution in [0.1, 0.15) is 27.7 Å². The van der Waals surface area contributed by atoms with Gasteiger partial charge in [0.25, 0.3) is 0 Å². The third kappa shape index (κ3) is 17.0. The van der Waals surface area contributed by atoms with Crippen molar-refractivity contribution in [3.05, 3.63) is 11.6 Å². The molecule has 0 aliphatic rings. The van der Waals surface area contributed by atoms with Gasteiger partial charge in [0.15, 0.2) is 0 Å². The Balaban J connectivity index is -0.0000000891. The first-order chi connectivity index (χ1) is 5.43. The minimum atomic E-state index is 0. The molecule has 1 nitrogen and oxygen atoms in total. The van der Waals surface area contributed by atoms with Crippen molar-refractivity contribution >= 4 is 8.99 Å². The first kappa shape index (κ1) is 25.5. The van der Waals surface area contributed by atoms with Crippen LogP contribution in [0.4, 0.5) is 0 Å². The number of allylic oxidation sites excluding steroid dienone is 2. The van der Waals surface area contributed by atoms with Crippen LogP contribution in [0.15, 0.2) is 5.57 Å². The second-order valence-electron chi connectivity index (χ2n) is 3.07. The zero-order valence-corrected chi connectivity index (χ0v) is 20.4. The molecule has 1 N–H and O–H groups in total. The largest absolute Gasteiger partial charge is 0 e. The minimum Gasteiger partial charge on any atom is 0 e. The van der Waals surface area contributed by atoms with Crippen LogP contribution in [0.5, 0.6) is 0 Å². The predicted octanol–water partition coefficient (Wildman–Crippen LogP) is 1.55. The molecule has 0 aliphatic heterocycles. The van der Waals surface area contributed by atoms with Crippen LogP contribution in [-0.4, -0.2) is 14.1 Å². The Morgan fingerprint density at radius 1 is 1.21 bits per heavy atom. The smallest absolute Gasteiger partial charge is 0 e. The summed E-state index contributed by atoms with van der Waals surface area (Å²) in [7, 11) is 0. The molecule has 0 saturated carbocycles. The molecule has 0 heterocycles. The predicted molar refractivity (Wildman–Crippen MR) is 43.8 cm³/mol. The molecule has 0 amide bonds. The standard InChI is InChI=1S/C8H12.CHO.3W.Y/c1-6-7(2)8(3,4)5;1-2;;;;/h1,3-5H3;2H;;;;/q-2;-1;;;;. The van der Waals surface area contributed by atoms with E-state index in [0.717, 1.165) is 19.4 Å². The summed E-state index contributed by atoms with van der Waals surface area (Å²) < 4.78 is 5.01. The summed E-state index contributed by atoms with van der Waals surface area (Å²) >= 11 is 2.36. The van der Waals surface area contributed by atoms with Crippen molar-refractivity contribution in [3.8, 4) is 0 Å². The molecule has 0 bridgehead atoms. The SMILES string of the molecule is C[C-]=C([C-]=[W])C(C)(C)C.O[C-]=[W].[W].[Y]. The fraction of sp³-hybridized carbons (Fsp3) is 0.556. The van der Waals surface area contributed by atoms with E-state index in [-0.39, 0.29) is 59.2 Å². The Bertz CT molecular complexity index is 173. The van der Waals surface area contributed by atoms with Crippen molar-refractivity contribution in [2.75, 3.05) is 0 Å². The number of hydrogen-bond acceptors (Lipinski definition) is 1. The van der Waals surface area contributed by atoms with E-state index < -0.39 is 0 Å². The van der Waals surface area contributed by atoms with Gasteiger partial charge in [-0.3, -0.25) is 0 Å². The maximum Gasteiger partial charge on any atom is 0 e. The Hall–Kier alpha value is 2.61. The van der Waals surface area contributed by atoms with Crippen LogP contribution in [0.25, 0.3) is 0 Å². The fourth-order valence-electron chi connectivity index (χ4n) is 0.579. The van der Waals surface area contributed by atoms with Crippen molar-refractivity contribution < 1.29 is 97.6 Å². The van der Waals surface area contributed by atoms with Gasteiger partial charge in [0.2, 0.25) is 0 Å². The molecule has 0 unspecified atom stereocenters. The monoisotopic (exact) mass is 778 g/mol. The molecule has 0 atom stereocenters. The first-order valence-corrected chi connectivity index (χ1v) is 6.32. The molecule has 1 radical (unpaired) electrons. The minimum absolute atomic E-state index is 0. The van der Waals surface area contributed by atoms with E-state index in [1.165, 1.54) is 24.9 Å². The van der Waals surface area contributed by atoms with Gasteiger partial charge in [-0.1, -0.05) is 0 Å². The van der Waals surface area contributed by atoms with Crippen LogP contribution in [-0.2, 0) is 92.5 Å². The van der Waals surface area contributed by atoms with E-state index in [1.54, 1.807) is 0 Å². The number of rotatable bonds is 1. The van der Waals surface area contributed by atoms with Crippen LogP contribution >= 0.6 is 0 Å². The average Bonchev–Trinajstić information content (AvgIpc) is 1.88. The van der Waals surface area contributed by atoms with E-state index in [1.807, 2.05) is 11.5 Å². The summed E-state index contributed by atoms with van der Waals surface area (Å²) in [6, 6.07) is 0. The first-order valence-electron chi connectivity index (χ1n) is 3.38. The topological polar surface area (TPSA) is 20.2 Å². The molecule has 5 heteroatoms. The third-order valence-electron chi connectivity index (χ3n) is 1.10. The number of hydrogen-bond donors (Lipinski definition) is 1. The number of aliphatic hydroxyl groups is 1. The molecule has 79 valence electrons. The number of aliphatic hydroxyl groups excluding tert-OH is 1. The molecule has 0 aromatic rings. The van der Waals surface area contributed by atoms with Gasteiger partial charge in [0.05, 0.1) is 0 Å². The van der Waals surface area contributed by atoms with Crippen molar-refractivity contribution in [3.63, 3.8) is 0 Å². The molecule has 0 rings (SSSR count). The molecular formula is C9H13OW3Y-3. The molecule has 14 heavy (non-hydrogen) atoms.